The SMILES string of the molecule is Cc1cc(=O)c2cc(O)c(B3OC(C)(C)C(C)(C)O3)cc2o1. The van der Waals surface area contributed by atoms with Gasteiger partial charge in [0.05, 0.1) is 16.6 Å². The molecule has 5 nitrogen and oxygen atoms in total. The Morgan fingerprint density at radius 2 is 1.64 bits per heavy atom. The minimum atomic E-state index is -0.708. The average Bonchev–Trinajstić information content (AvgIpc) is 2.58. The molecule has 1 fully saturated rings. The van der Waals surface area contributed by atoms with Crippen LogP contribution in [-0.2, 0) is 9.31 Å². The van der Waals surface area contributed by atoms with Gasteiger partial charge < -0.3 is 18.8 Å². The lowest BCUT2D eigenvalue weighted by Crippen LogP contribution is -2.41. The summed E-state index contributed by atoms with van der Waals surface area (Å²) in [6.45, 7) is 9.47. The summed E-state index contributed by atoms with van der Waals surface area (Å²) in [5.41, 5.74) is -0.333. The highest BCUT2D eigenvalue weighted by molar-refractivity contribution is 6.63. The minimum absolute atomic E-state index is 0.0397. The minimum Gasteiger partial charge on any atom is -0.508 e. The standard InChI is InChI=1S/C16H19BO5/c1-9-6-12(18)10-7-13(19)11(8-14(10)20-9)17-21-15(2,3)16(4,5)22-17/h6-8,19H,1-5H3. The molecule has 6 heteroatoms. The number of rotatable bonds is 1. The fourth-order valence-electron chi connectivity index (χ4n) is 2.49. The molecule has 0 saturated carbocycles. The zero-order valence-electron chi connectivity index (χ0n) is 13.4. The van der Waals surface area contributed by atoms with E-state index in [2.05, 4.69) is 0 Å². The quantitative estimate of drug-likeness (QED) is 0.817. The first-order valence-electron chi connectivity index (χ1n) is 7.24. The monoisotopic (exact) mass is 302 g/mol. The molecule has 3 rings (SSSR count). The smallest absolute Gasteiger partial charge is 0.498 e. The molecule has 2 heterocycles. The van der Waals surface area contributed by atoms with Crippen molar-refractivity contribution >= 4 is 23.6 Å². The summed E-state index contributed by atoms with van der Waals surface area (Å²) in [6.07, 6.45) is 0. The van der Waals surface area contributed by atoms with E-state index in [0.29, 0.717) is 22.2 Å². The molecule has 1 aliphatic rings. The molecular formula is C16H19BO5. The maximum absolute atomic E-state index is 12.0. The van der Waals surface area contributed by atoms with Gasteiger partial charge in [-0.25, -0.2) is 0 Å². The van der Waals surface area contributed by atoms with Crippen molar-refractivity contribution in [3.8, 4) is 5.75 Å². The molecule has 0 aliphatic carbocycles. The largest absolute Gasteiger partial charge is 0.508 e. The molecule has 2 aromatic rings. The van der Waals surface area contributed by atoms with E-state index in [-0.39, 0.29) is 11.2 Å². The number of aryl methyl sites for hydroxylation is 1. The van der Waals surface area contributed by atoms with Crippen LogP contribution in [0.25, 0.3) is 11.0 Å². The Bertz CT molecular complexity index is 790. The van der Waals surface area contributed by atoms with Gasteiger partial charge in [-0.05, 0) is 46.8 Å². The first-order valence-corrected chi connectivity index (χ1v) is 7.24. The van der Waals surface area contributed by atoms with Gasteiger partial charge in [0.1, 0.15) is 17.1 Å². The maximum atomic E-state index is 12.0. The number of hydrogen-bond donors (Lipinski definition) is 1. The van der Waals surface area contributed by atoms with Crippen molar-refractivity contribution in [1.29, 1.82) is 0 Å². The molecule has 22 heavy (non-hydrogen) atoms. The van der Waals surface area contributed by atoms with Crippen LogP contribution in [0.3, 0.4) is 0 Å². The van der Waals surface area contributed by atoms with Gasteiger partial charge in [0.25, 0.3) is 0 Å². The summed E-state index contributed by atoms with van der Waals surface area (Å²) in [7, 11) is -0.708. The Hall–Kier alpha value is -1.79. The molecule has 1 aromatic heterocycles. The predicted molar refractivity (Wildman–Crippen MR) is 84.6 cm³/mol. The van der Waals surface area contributed by atoms with Crippen LogP contribution >= 0.6 is 0 Å². The van der Waals surface area contributed by atoms with E-state index in [4.69, 9.17) is 13.7 Å². The van der Waals surface area contributed by atoms with E-state index in [1.807, 2.05) is 27.7 Å². The van der Waals surface area contributed by atoms with E-state index in [0.717, 1.165) is 0 Å². The lowest BCUT2D eigenvalue weighted by atomic mass is 9.78. The summed E-state index contributed by atoms with van der Waals surface area (Å²) < 4.78 is 17.5. The topological polar surface area (TPSA) is 68.9 Å². The third-order valence-corrected chi connectivity index (χ3v) is 4.51. The number of hydrogen-bond acceptors (Lipinski definition) is 5. The van der Waals surface area contributed by atoms with Gasteiger partial charge in [0.15, 0.2) is 5.43 Å². The molecule has 1 saturated heterocycles. The van der Waals surface area contributed by atoms with Crippen molar-refractivity contribution in [2.24, 2.45) is 0 Å². The second kappa shape index (κ2) is 4.60. The second-order valence-corrected chi connectivity index (χ2v) is 6.72. The van der Waals surface area contributed by atoms with Crippen molar-refractivity contribution in [3.63, 3.8) is 0 Å². The van der Waals surface area contributed by atoms with Gasteiger partial charge in [-0.2, -0.15) is 0 Å². The van der Waals surface area contributed by atoms with E-state index >= 15 is 0 Å². The van der Waals surface area contributed by atoms with Crippen molar-refractivity contribution in [2.75, 3.05) is 0 Å². The normalized spacial score (nSPS) is 19.8. The Balaban J connectivity index is 2.13. The van der Waals surface area contributed by atoms with Crippen molar-refractivity contribution in [2.45, 2.75) is 45.8 Å². The lowest BCUT2D eigenvalue weighted by molar-refractivity contribution is 0.00578. The highest BCUT2D eigenvalue weighted by atomic mass is 16.7. The van der Waals surface area contributed by atoms with E-state index < -0.39 is 18.3 Å². The van der Waals surface area contributed by atoms with Crippen LogP contribution in [0, 0.1) is 6.92 Å². The second-order valence-electron chi connectivity index (χ2n) is 6.72. The molecule has 0 radical (unpaired) electrons. The summed E-state index contributed by atoms with van der Waals surface area (Å²) in [5, 5.41) is 10.6. The maximum Gasteiger partial charge on any atom is 0.498 e. The van der Waals surface area contributed by atoms with Gasteiger partial charge in [0, 0.05) is 11.5 Å². The van der Waals surface area contributed by atoms with Crippen LogP contribution in [0.1, 0.15) is 33.5 Å². The zero-order valence-corrected chi connectivity index (χ0v) is 13.4. The highest BCUT2D eigenvalue weighted by Crippen LogP contribution is 2.37. The van der Waals surface area contributed by atoms with Crippen LogP contribution < -0.4 is 10.9 Å². The molecule has 0 atom stereocenters. The van der Waals surface area contributed by atoms with E-state index in [9.17, 15) is 9.90 Å². The summed E-state index contributed by atoms with van der Waals surface area (Å²) in [4.78, 5) is 12.0. The molecule has 1 aromatic carbocycles. The highest BCUT2D eigenvalue weighted by Gasteiger charge is 2.52. The molecule has 116 valence electrons. The number of aromatic hydroxyl groups is 1. The summed E-state index contributed by atoms with van der Waals surface area (Å²) in [5.74, 6) is 0.477. The third-order valence-electron chi connectivity index (χ3n) is 4.51. The first-order chi connectivity index (χ1) is 10.1. The predicted octanol–water partition coefficient (Wildman–Crippen LogP) is 2.11. The van der Waals surface area contributed by atoms with Gasteiger partial charge in [-0.15, -0.1) is 0 Å². The molecule has 1 aliphatic heterocycles. The first kappa shape index (κ1) is 15.1. The van der Waals surface area contributed by atoms with Crippen molar-refractivity contribution < 1.29 is 18.8 Å². The molecule has 0 spiro atoms. The number of fused-ring (bicyclic) bond motifs is 1. The fourth-order valence-corrected chi connectivity index (χ4v) is 2.49. The molecule has 0 unspecified atom stereocenters. The number of phenols is 1. The molecule has 0 amide bonds. The third kappa shape index (κ3) is 2.23. The molecule has 1 N–H and O–H groups in total. The summed E-state index contributed by atoms with van der Waals surface area (Å²) in [6, 6.07) is 4.42. The molecular weight excluding hydrogens is 283 g/mol. The average molecular weight is 302 g/mol. The Morgan fingerprint density at radius 1 is 1.05 bits per heavy atom. The van der Waals surface area contributed by atoms with Gasteiger partial charge >= 0.3 is 7.12 Å². The van der Waals surface area contributed by atoms with Crippen molar-refractivity contribution in [3.05, 3.63) is 34.2 Å². The zero-order chi connectivity index (χ0) is 16.3. The Kier molecular flexibility index (Phi) is 3.16. The Morgan fingerprint density at radius 3 is 2.23 bits per heavy atom. The van der Waals surface area contributed by atoms with Gasteiger partial charge in [-0.3, -0.25) is 4.79 Å². The number of benzene rings is 1. The van der Waals surface area contributed by atoms with E-state index in [1.54, 1.807) is 13.0 Å². The van der Waals surface area contributed by atoms with Crippen LogP contribution in [0.15, 0.2) is 27.4 Å². The van der Waals surface area contributed by atoms with Crippen LogP contribution in [-0.4, -0.2) is 23.4 Å². The van der Waals surface area contributed by atoms with E-state index in [1.165, 1.54) is 12.1 Å². The fraction of sp³-hybridized carbons (Fsp3) is 0.438. The van der Waals surface area contributed by atoms with Crippen LogP contribution in [0.5, 0.6) is 5.75 Å². The van der Waals surface area contributed by atoms with Gasteiger partial charge in [0.2, 0.25) is 0 Å². The van der Waals surface area contributed by atoms with Crippen LogP contribution in [0.2, 0.25) is 0 Å². The molecule has 0 bridgehead atoms. The van der Waals surface area contributed by atoms with Crippen molar-refractivity contribution in [1.82, 2.24) is 0 Å². The lowest BCUT2D eigenvalue weighted by Gasteiger charge is -2.32. The van der Waals surface area contributed by atoms with Gasteiger partial charge in [-0.1, -0.05) is 0 Å². The van der Waals surface area contributed by atoms with Crippen LogP contribution in [0.4, 0.5) is 0 Å². The Labute approximate surface area is 129 Å². The number of phenolic OH excluding ortho intramolecular Hbond substituents is 1. The summed E-state index contributed by atoms with van der Waals surface area (Å²) >= 11 is 0.